The lowest BCUT2D eigenvalue weighted by molar-refractivity contribution is 0.181. The van der Waals surface area contributed by atoms with Crippen molar-refractivity contribution in [2.24, 2.45) is 0 Å². The molecule has 1 aliphatic heterocycles. The first-order valence-electron chi connectivity index (χ1n) is 5.42. The van der Waals surface area contributed by atoms with E-state index in [2.05, 4.69) is 18.8 Å². The van der Waals surface area contributed by atoms with E-state index in [1.165, 1.54) is 0 Å². The molecular formula is C11H20N2OS. The van der Waals surface area contributed by atoms with Crippen LogP contribution in [0.25, 0.3) is 0 Å². The molecule has 1 aliphatic rings. The number of urea groups is 1. The summed E-state index contributed by atoms with van der Waals surface area (Å²) in [5, 5.41) is 2.92. The minimum Gasteiger partial charge on any atom is -0.332 e. The fourth-order valence-corrected chi connectivity index (χ4v) is 2.57. The zero-order valence-corrected chi connectivity index (χ0v) is 10.3. The molecule has 3 nitrogen and oxygen atoms in total. The Balaban J connectivity index is 2.51. The van der Waals surface area contributed by atoms with E-state index in [1.54, 1.807) is 6.08 Å². The number of nitrogens with one attached hydrogen (secondary N) is 1. The van der Waals surface area contributed by atoms with Crippen molar-refractivity contribution in [3.05, 3.63) is 12.7 Å². The monoisotopic (exact) mass is 228 g/mol. The Morgan fingerprint density at radius 3 is 3.07 bits per heavy atom. The number of hydrogen-bond donors (Lipinski definition) is 1. The lowest BCUT2D eigenvalue weighted by Gasteiger charge is -2.28. The summed E-state index contributed by atoms with van der Waals surface area (Å²) >= 11 is 1.92. The van der Waals surface area contributed by atoms with E-state index >= 15 is 0 Å². The molecule has 0 radical (unpaired) electrons. The zero-order valence-electron chi connectivity index (χ0n) is 9.53. The maximum absolute atomic E-state index is 11.9. The van der Waals surface area contributed by atoms with Crippen LogP contribution < -0.4 is 5.32 Å². The maximum atomic E-state index is 11.9. The van der Waals surface area contributed by atoms with Crippen LogP contribution in [0.5, 0.6) is 0 Å². The van der Waals surface area contributed by atoms with Gasteiger partial charge in [0.15, 0.2) is 0 Å². The van der Waals surface area contributed by atoms with Gasteiger partial charge in [-0.1, -0.05) is 6.08 Å². The maximum Gasteiger partial charge on any atom is 0.318 e. The molecule has 0 spiro atoms. The molecule has 1 rings (SSSR count). The summed E-state index contributed by atoms with van der Waals surface area (Å²) in [7, 11) is 0. The highest BCUT2D eigenvalue weighted by atomic mass is 32.2. The Morgan fingerprint density at radius 2 is 2.40 bits per heavy atom. The van der Waals surface area contributed by atoms with Gasteiger partial charge in [0.1, 0.15) is 0 Å². The molecular weight excluding hydrogens is 208 g/mol. The molecule has 86 valence electrons. The normalized spacial score (nSPS) is 24.1. The Morgan fingerprint density at radius 1 is 1.67 bits per heavy atom. The Kier molecular flexibility index (Phi) is 5.02. The predicted molar refractivity (Wildman–Crippen MR) is 66.3 cm³/mol. The van der Waals surface area contributed by atoms with Crippen molar-refractivity contribution in [1.29, 1.82) is 0 Å². The van der Waals surface area contributed by atoms with E-state index in [1.807, 2.05) is 23.6 Å². The highest BCUT2D eigenvalue weighted by molar-refractivity contribution is 7.99. The highest BCUT2D eigenvalue weighted by Crippen LogP contribution is 2.15. The van der Waals surface area contributed by atoms with Gasteiger partial charge in [-0.25, -0.2) is 4.79 Å². The number of amides is 2. The minimum absolute atomic E-state index is 0.0393. The smallest absolute Gasteiger partial charge is 0.318 e. The third-order valence-electron chi connectivity index (χ3n) is 2.65. The van der Waals surface area contributed by atoms with Crippen molar-refractivity contribution in [2.75, 3.05) is 18.1 Å². The summed E-state index contributed by atoms with van der Waals surface area (Å²) in [5.74, 6) is 2.20. The second-order valence-electron chi connectivity index (χ2n) is 3.92. The third kappa shape index (κ3) is 3.78. The minimum atomic E-state index is 0.0393. The van der Waals surface area contributed by atoms with Crippen LogP contribution in [0.3, 0.4) is 0 Å². The van der Waals surface area contributed by atoms with Gasteiger partial charge in [-0.05, 0) is 26.0 Å². The van der Waals surface area contributed by atoms with E-state index in [0.29, 0.717) is 6.04 Å². The van der Waals surface area contributed by atoms with Gasteiger partial charge >= 0.3 is 6.03 Å². The van der Waals surface area contributed by atoms with Crippen molar-refractivity contribution in [3.63, 3.8) is 0 Å². The van der Waals surface area contributed by atoms with Crippen molar-refractivity contribution in [3.8, 4) is 0 Å². The Bertz CT molecular complexity index is 233. The van der Waals surface area contributed by atoms with Crippen LogP contribution in [-0.4, -0.2) is 41.1 Å². The molecule has 0 unspecified atom stereocenters. The predicted octanol–water partition coefficient (Wildman–Crippen LogP) is 2.10. The molecule has 0 aromatic heterocycles. The van der Waals surface area contributed by atoms with E-state index in [4.69, 9.17) is 0 Å². The molecule has 2 atom stereocenters. The highest BCUT2D eigenvalue weighted by Gasteiger charge is 2.22. The SMILES string of the molecule is C=C[C@H](C)NC(=O)N1CCSCC[C@@H]1C. The van der Waals surface area contributed by atoms with Crippen molar-refractivity contribution in [1.82, 2.24) is 10.2 Å². The van der Waals surface area contributed by atoms with Gasteiger partial charge in [-0.3, -0.25) is 0 Å². The second-order valence-corrected chi connectivity index (χ2v) is 5.14. The molecule has 0 bridgehead atoms. The standard InChI is InChI=1S/C11H20N2OS/c1-4-9(2)12-11(14)13-6-8-15-7-5-10(13)3/h4,9-10H,1,5-8H2,2-3H3,(H,12,14)/t9-,10-/m0/s1. The first-order valence-corrected chi connectivity index (χ1v) is 6.58. The van der Waals surface area contributed by atoms with Crippen molar-refractivity contribution in [2.45, 2.75) is 32.4 Å². The van der Waals surface area contributed by atoms with E-state index in [9.17, 15) is 4.79 Å². The molecule has 0 aliphatic carbocycles. The second kappa shape index (κ2) is 6.05. The number of thioether (sulfide) groups is 1. The Labute approximate surface area is 96.3 Å². The number of carbonyl (C=O) groups excluding carboxylic acids is 1. The van der Waals surface area contributed by atoms with Crippen molar-refractivity contribution < 1.29 is 4.79 Å². The van der Waals surface area contributed by atoms with Crippen LogP contribution >= 0.6 is 11.8 Å². The van der Waals surface area contributed by atoms with Crippen LogP contribution in [-0.2, 0) is 0 Å². The summed E-state index contributed by atoms with van der Waals surface area (Å²) in [6.45, 7) is 8.56. The average Bonchev–Trinajstić information content (AvgIpc) is 2.42. The van der Waals surface area contributed by atoms with Crippen molar-refractivity contribution >= 4 is 17.8 Å². The van der Waals surface area contributed by atoms with Crippen LogP contribution in [0.2, 0.25) is 0 Å². The first-order chi connectivity index (χ1) is 7.15. The molecule has 0 aromatic carbocycles. The molecule has 0 aromatic rings. The lowest BCUT2D eigenvalue weighted by Crippen LogP contribution is -2.47. The summed E-state index contributed by atoms with van der Waals surface area (Å²) in [6, 6.07) is 0.426. The van der Waals surface area contributed by atoms with Gasteiger partial charge in [0.2, 0.25) is 0 Å². The molecule has 4 heteroatoms. The number of hydrogen-bond acceptors (Lipinski definition) is 2. The third-order valence-corrected chi connectivity index (χ3v) is 3.65. The fourth-order valence-electron chi connectivity index (χ4n) is 1.53. The van der Waals surface area contributed by atoms with Gasteiger partial charge in [0, 0.05) is 24.4 Å². The molecule has 15 heavy (non-hydrogen) atoms. The lowest BCUT2D eigenvalue weighted by atomic mass is 10.2. The van der Waals surface area contributed by atoms with Crippen LogP contribution in [0.4, 0.5) is 4.79 Å². The number of rotatable bonds is 2. The number of carbonyl (C=O) groups is 1. The van der Waals surface area contributed by atoms with Crippen LogP contribution in [0.1, 0.15) is 20.3 Å². The van der Waals surface area contributed by atoms with E-state index in [-0.39, 0.29) is 12.1 Å². The van der Waals surface area contributed by atoms with E-state index in [0.717, 1.165) is 24.5 Å². The van der Waals surface area contributed by atoms with Gasteiger partial charge < -0.3 is 10.2 Å². The fraction of sp³-hybridized carbons (Fsp3) is 0.727. The summed E-state index contributed by atoms with van der Waals surface area (Å²) < 4.78 is 0. The van der Waals surface area contributed by atoms with Crippen LogP contribution in [0, 0.1) is 0 Å². The summed E-state index contributed by atoms with van der Waals surface area (Å²) in [4.78, 5) is 13.8. The molecule has 1 fully saturated rings. The van der Waals surface area contributed by atoms with Gasteiger partial charge in [0.05, 0.1) is 0 Å². The molecule has 1 saturated heterocycles. The van der Waals surface area contributed by atoms with E-state index < -0.39 is 0 Å². The van der Waals surface area contributed by atoms with Crippen LogP contribution in [0.15, 0.2) is 12.7 Å². The van der Waals surface area contributed by atoms with Gasteiger partial charge in [-0.2, -0.15) is 11.8 Å². The number of nitrogens with zero attached hydrogens (tertiary/aromatic N) is 1. The molecule has 1 heterocycles. The first kappa shape index (κ1) is 12.4. The largest absolute Gasteiger partial charge is 0.332 e. The molecule has 2 amide bonds. The molecule has 1 N–H and O–H groups in total. The summed E-state index contributed by atoms with van der Waals surface area (Å²) in [5.41, 5.74) is 0. The quantitative estimate of drug-likeness (QED) is 0.734. The summed E-state index contributed by atoms with van der Waals surface area (Å²) in [6.07, 6.45) is 2.83. The van der Waals surface area contributed by atoms with Gasteiger partial charge in [-0.15, -0.1) is 6.58 Å². The Hall–Kier alpha value is -0.640. The zero-order chi connectivity index (χ0) is 11.3. The topological polar surface area (TPSA) is 32.3 Å². The van der Waals surface area contributed by atoms with Gasteiger partial charge in [0.25, 0.3) is 0 Å². The molecule has 0 saturated carbocycles. The average molecular weight is 228 g/mol.